The molecule has 0 saturated carbocycles. The van der Waals surface area contributed by atoms with Crippen molar-refractivity contribution in [3.63, 3.8) is 0 Å². The molecule has 0 aliphatic heterocycles. The molecule has 0 aromatic carbocycles. The van der Waals surface area contributed by atoms with Crippen LogP contribution < -0.4 is 0 Å². The first-order valence-electron chi connectivity index (χ1n) is 9.90. The van der Waals surface area contributed by atoms with E-state index in [1.54, 1.807) is 0 Å². The van der Waals surface area contributed by atoms with Crippen LogP contribution in [-0.2, 0) is 14.3 Å². The second kappa shape index (κ2) is 8.70. The minimum atomic E-state index is -1.04. The van der Waals surface area contributed by atoms with Gasteiger partial charge in [-0.2, -0.15) is 0 Å². The average molecular weight is 372 g/mol. The van der Waals surface area contributed by atoms with Gasteiger partial charge in [-0.15, -0.1) is 0 Å². The number of ketones is 1. The molecule has 0 heterocycles. The van der Waals surface area contributed by atoms with Gasteiger partial charge in [0.2, 0.25) is 0 Å². The van der Waals surface area contributed by atoms with Gasteiger partial charge in [-0.05, 0) is 57.4 Å². The zero-order chi connectivity index (χ0) is 19.4. The van der Waals surface area contributed by atoms with Gasteiger partial charge >= 0.3 is 5.97 Å². The molecule has 146 valence electrons. The third kappa shape index (κ3) is 4.08. The molecule has 5 heteroatoms. The fourth-order valence-electron chi connectivity index (χ4n) is 4.61. The fourth-order valence-corrected chi connectivity index (χ4v) is 4.61. The number of hydrogen-bond acceptors (Lipinski definition) is 4. The van der Waals surface area contributed by atoms with E-state index in [9.17, 15) is 14.7 Å². The van der Waals surface area contributed by atoms with Crippen LogP contribution in [-0.4, -0.2) is 35.2 Å². The summed E-state index contributed by atoms with van der Waals surface area (Å²) in [6, 6.07) is 0. The maximum Gasteiger partial charge on any atom is 0.341 e. The van der Waals surface area contributed by atoms with E-state index in [1.165, 1.54) is 24.0 Å². The zero-order valence-electron chi connectivity index (χ0n) is 15.9. The lowest BCUT2D eigenvalue weighted by Gasteiger charge is -2.24. The molecule has 27 heavy (non-hydrogen) atoms. The minimum Gasteiger partial charge on any atom is -0.482 e. The van der Waals surface area contributed by atoms with Gasteiger partial charge in [0.25, 0.3) is 0 Å². The largest absolute Gasteiger partial charge is 0.482 e. The van der Waals surface area contributed by atoms with Crippen LogP contribution in [0.15, 0.2) is 45.8 Å². The van der Waals surface area contributed by atoms with E-state index in [-0.39, 0.29) is 11.7 Å². The molecule has 0 fully saturated rings. The monoisotopic (exact) mass is 372 g/mol. The van der Waals surface area contributed by atoms with Crippen LogP contribution in [0.3, 0.4) is 0 Å². The third-order valence-electron chi connectivity index (χ3n) is 5.73. The Balaban J connectivity index is 2.00. The normalized spacial score (nSPS) is 22.4. The van der Waals surface area contributed by atoms with Crippen LogP contribution >= 0.6 is 0 Å². The summed E-state index contributed by atoms with van der Waals surface area (Å²) in [7, 11) is 0. The standard InChI is InChI=1S/C22H28O5/c1-2-15-17(11-14-7-4-3-5-8-14)16-9-6-10-19(27-13-20(25)26)22(16)21(15)18(24)12-23/h7,10,17,23H,2-6,8-9,11-13H2,1H3,(H,25,26). The topological polar surface area (TPSA) is 83.8 Å². The van der Waals surface area contributed by atoms with Gasteiger partial charge in [-0.1, -0.05) is 29.7 Å². The van der Waals surface area contributed by atoms with Gasteiger partial charge in [0, 0.05) is 17.1 Å². The summed E-state index contributed by atoms with van der Waals surface area (Å²) in [6.45, 7) is 1.07. The molecule has 3 rings (SSSR count). The molecule has 3 aliphatic carbocycles. The molecule has 0 bridgehead atoms. The summed E-state index contributed by atoms with van der Waals surface area (Å²) in [6.07, 6.45) is 12.2. The molecule has 1 atom stereocenters. The molecule has 0 spiro atoms. The first-order valence-corrected chi connectivity index (χ1v) is 9.90. The number of hydrogen-bond donors (Lipinski definition) is 2. The molecule has 0 amide bonds. The summed E-state index contributed by atoms with van der Waals surface area (Å²) >= 11 is 0. The molecule has 2 N–H and O–H groups in total. The van der Waals surface area contributed by atoms with Crippen molar-refractivity contribution in [1.82, 2.24) is 0 Å². The van der Waals surface area contributed by atoms with E-state index in [1.807, 2.05) is 13.0 Å². The van der Waals surface area contributed by atoms with Crippen LogP contribution in [0.1, 0.15) is 58.3 Å². The Kier molecular flexibility index (Phi) is 6.32. The van der Waals surface area contributed by atoms with Crippen molar-refractivity contribution < 1.29 is 24.5 Å². The van der Waals surface area contributed by atoms with Gasteiger partial charge < -0.3 is 14.9 Å². The molecule has 1 unspecified atom stereocenters. The SMILES string of the molecule is CCC1=C(C(=O)CO)C2=C(CCC=C2OCC(=O)O)C1CC1=CCCCC1. The van der Waals surface area contributed by atoms with E-state index in [2.05, 4.69) is 6.08 Å². The van der Waals surface area contributed by atoms with Crippen LogP contribution in [0.4, 0.5) is 0 Å². The highest BCUT2D eigenvalue weighted by Gasteiger charge is 2.39. The van der Waals surface area contributed by atoms with Crippen molar-refractivity contribution in [2.75, 3.05) is 13.2 Å². The van der Waals surface area contributed by atoms with Crippen molar-refractivity contribution in [1.29, 1.82) is 0 Å². The number of aliphatic hydroxyl groups is 1. The predicted molar refractivity (Wildman–Crippen MR) is 102 cm³/mol. The number of ether oxygens (including phenoxy) is 1. The van der Waals surface area contributed by atoms with Gasteiger partial charge in [-0.25, -0.2) is 4.79 Å². The maximum absolute atomic E-state index is 12.6. The van der Waals surface area contributed by atoms with E-state index < -0.39 is 19.2 Å². The number of rotatable bonds is 8. The number of carbonyl (C=O) groups excluding carboxylic acids is 1. The molecule has 3 aliphatic rings. The van der Waals surface area contributed by atoms with Gasteiger partial charge in [0.1, 0.15) is 12.4 Å². The van der Waals surface area contributed by atoms with Crippen LogP contribution in [0, 0.1) is 5.92 Å². The second-order valence-corrected chi connectivity index (χ2v) is 7.39. The van der Waals surface area contributed by atoms with E-state index in [0.29, 0.717) is 11.3 Å². The Bertz CT molecular complexity index is 751. The van der Waals surface area contributed by atoms with Crippen LogP contribution in [0.5, 0.6) is 0 Å². The van der Waals surface area contributed by atoms with Crippen LogP contribution in [0.2, 0.25) is 0 Å². The van der Waals surface area contributed by atoms with Crippen molar-refractivity contribution >= 4 is 11.8 Å². The predicted octanol–water partition coefficient (Wildman–Crippen LogP) is 3.85. The molecule has 5 nitrogen and oxygen atoms in total. The minimum absolute atomic E-state index is 0.164. The number of carboxylic acid groups (broad SMARTS) is 1. The quantitative estimate of drug-likeness (QED) is 0.632. The van der Waals surface area contributed by atoms with Crippen molar-refractivity contribution in [3.05, 3.63) is 45.8 Å². The summed E-state index contributed by atoms with van der Waals surface area (Å²) < 4.78 is 5.54. The lowest BCUT2D eigenvalue weighted by atomic mass is 9.81. The molecule has 0 saturated heterocycles. The van der Waals surface area contributed by atoms with Gasteiger partial charge in [0.05, 0.1) is 0 Å². The lowest BCUT2D eigenvalue weighted by Crippen LogP contribution is -2.15. The first kappa shape index (κ1) is 19.6. The lowest BCUT2D eigenvalue weighted by molar-refractivity contribution is -0.140. The summed E-state index contributed by atoms with van der Waals surface area (Å²) in [5.74, 6) is -0.690. The first-order chi connectivity index (χ1) is 13.1. The molecule has 0 radical (unpaired) electrons. The Morgan fingerprint density at radius 1 is 1.19 bits per heavy atom. The molecular weight excluding hydrogens is 344 g/mol. The smallest absolute Gasteiger partial charge is 0.341 e. The number of Topliss-reactive ketones (excluding diaryl/α,β-unsaturated/α-hetero) is 1. The van der Waals surface area contributed by atoms with Crippen molar-refractivity contribution in [3.8, 4) is 0 Å². The Hall–Kier alpha value is -2.14. The number of carbonyl (C=O) groups is 2. The van der Waals surface area contributed by atoms with Gasteiger partial charge in [-0.3, -0.25) is 4.79 Å². The highest BCUT2D eigenvalue weighted by atomic mass is 16.5. The summed E-state index contributed by atoms with van der Waals surface area (Å²) in [4.78, 5) is 23.6. The number of aliphatic hydroxyl groups excluding tert-OH is 1. The maximum atomic E-state index is 12.6. The fraction of sp³-hybridized carbons (Fsp3) is 0.545. The van der Waals surface area contributed by atoms with E-state index in [0.717, 1.165) is 49.7 Å². The van der Waals surface area contributed by atoms with Crippen molar-refractivity contribution in [2.45, 2.75) is 58.3 Å². The Labute approximate surface area is 160 Å². The highest BCUT2D eigenvalue weighted by Crippen LogP contribution is 2.49. The summed E-state index contributed by atoms with van der Waals surface area (Å²) in [5.41, 5.74) is 5.01. The number of aliphatic carboxylic acids is 1. The summed E-state index contributed by atoms with van der Waals surface area (Å²) in [5, 5.41) is 18.5. The van der Waals surface area contributed by atoms with E-state index >= 15 is 0 Å². The Morgan fingerprint density at radius 3 is 2.63 bits per heavy atom. The third-order valence-corrected chi connectivity index (χ3v) is 5.73. The highest BCUT2D eigenvalue weighted by molar-refractivity contribution is 6.03. The van der Waals surface area contributed by atoms with Crippen LogP contribution in [0.25, 0.3) is 0 Å². The molecule has 0 aromatic heterocycles. The second-order valence-electron chi connectivity index (χ2n) is 7.39. The van der Waals surface area contributed by atoms with E-state index in [4.69, 9.17) is 9.84 Å². The van der Waals surface area contributed by atoms with Gasteiger partial charge in [0.15, 0.2) is 12.4 Å². The zero-order valence-corrected chi connectivity index (χ0v) is 15.9. The Morgan fingerprint density at radius 2 is 2.00 bits per heavy atom. The number of allylic oxidation sites excluding steroid dienone is 6. The molecule has 0 aromatic rings. The average Bonchev–Trinajstić information content (AvgIpc) is 3.00. The number of carboxylic acids is 1. The molecular formula is C22H28O5. The van der Waals surface area contributed by atoms with Crippen molar-refractivity contribution in [2.24, 2.45) is 5.92 Å².